The van der Waals surface area contributed by atoms with Crippen molar-refractivity contribution >= 4 is 41.8 Å². The van der Waals surface area contributed by atoms with Gasteiger partial charge in [0.2, 0.25) is 11.8 Å². The summed E-state index contributed by atoms with van der Waals surface area (Å²) in [5.74, 6) is 0.457. The maximum Gasteiger partial charge on any atom is 0.233 e. The zero-order valence-electron chi connectivity index (χ0n) is 16.5. The Morgan fingerprint density at radius 2 is 1.83 bits per heavy atom. The fourth-order valence-electron chi connectivity index (χ4n) is 4.69. The highest BCUT2D eigenvalue weighted by Crippen LogP contribution is 2.52. The Hall–Kier alpha value is -1.97. The summed E-state index contributed by atoms with van der Waals surface area (Å²) < 4.78 is 13.4. The van der Waals surface area contributed by atoms with E-state index in [1.54, 1.807) is 26.1 Å². The van der Waals surface area contributed by atoms with Crippen molar-refractivity contribution in [1.29, 1.82) is 0 Å². The van der Waals surface area contributed by atoms with E-state index < -0.39 is 0 Å². The predicted molar refractivity (Wildman–Crippen MR) is 119 cm³/mol. The Kier molecular flexibility index (Phi) is 6.60. The smallest absolute Gasteiger partial charge is 0.233 e. The number of benzene rings is 1. The van der Waals surface area contributed by atoms with E-state index in [0.717, 1.165) is 12.0 Å². The van der Waals surface area contributed by atoms with Gasteiger partial charge < -0.3 is 10.6 Å². The van der Waals surface area contributed by atoms with Crippen LogP contribution in [0.3, 0.4) is 0 Å². The number of aliphatic imine (C=N–C) groups is 1. The topological polar surface area (TPSA) is 73.8 Å². The summed E-state index contributed by atoms with van der Waals surface area (Å²) in [5.41, 5.74) is 1.55. The van der Waals surface area contributed by atoms with Crippen molar-refractivity contribution in [2.24, 2.45) is 28.7 Å². The van der Waals surface area contributed by atoms with Gasteiger partial charge in [0.15, 0.2) is 5.96 Å². The molecule has 1 aliphatic heterocycles. The molecule has 1 saturated heterocycles. The molecule has 4 unspecified atom stereocenters. The standard InChI is InChI=1S/C21H25FN4O2.HI/c1-12-9-13(3-6-16(12)22)11-25-21(23-2)24-7-8-26-19(27)17-14-4-5-15(10-14)18(17)20(26)28;/h3-6,9,14-15,17-18H,7-8,10-11H2,1-2H3,(H2,23,24,25);1H. The van der Waals surface area contributed by atoms with Crippen LogP contribution in [0.5, 0.6) is 0 Å². The van der Waals surface area contributed by atoms with Gasteiger partial charge in [0, 0.05) is 26.7 Å². The molecule has 1 heterocycles. The number of hydrogen-bond donors (Lipinski definition) is 2. The van der Waals surface area contributed by atoms with Crippen molar-refractivity contribution in [3.8, 4) is 0 Å². The van der Waals surface area contributed by atoms with E-state index in [4.69, 9.17) is 0 Å². The molecule has 2 aliphatic carbocycles. The fourth-order valence-corrected chi connectivity index (χ4v) is 4.69. The Labute approximate surface area is 187 Å². The van der Waals surface area contributed by atoms with Crippen LogP contribution in [0.1, 0.15) is 17.5 Å². The van der Waals surface area contributed by atoms with Crippen molar-refractivity contribution in [2.75, 3.05) is 20.1 Å². The molecular formula is C21H26FIN4O2. The SMILES string of the molecule is CN=C(NCCN1C(=O)C2C3C=CC(C3)C2C1=O)NCc1ccc(F)c(C)c1.I. The highest BCUT2D eigenvalue weighted by atomic mass is 127. The van der Waals surface area contributed by atoms with Crippen LogP contribution in [0, 0.1) is 36.4 Å². The van der Waals surface area contributed by atoms with Gasteiger partial charge in [-0.25, -0.2) is 4.39 Å². The van der Waals surface area contributed by atoms with Crippen molar-refractivity contribution < 1.29 is 14.0 Å². The van der Waals surface area contributed by atoms with E-state index in [2.05, 4.69) is 27.8 Å². The Morgan fingerprint density at radius 3 is 2.41 bits per heavy atom. The molecule has 6 nitrogen and oxygen atoms in total. The number of aryl methyl sites for hydroxylation is 1. The summed E-state index contributed by atoms with van der Waals surface area (Å²) in [7, 11) is 1.66. The van der Waals surface area contributed by atoms with Gasteiger partial charge in [0.25, 0.3) is 0 Å². The number of halogens is 2. The highest BCUT2D eigenvalue weighted by molar-refractivity contribution is 14.0. The molecular weight excluding hydrogens is 486 g/mol. The zero-order valence-corrected chi connectivity index (χ0v) is 18.9. The van der Waals surface area contributed by atoms with E-state index in [0.29, 0.717) is 31.2 Å². The van der Waals surface area contributed by atoms with Gasteiger partial charge in [0.05, 0.1) is 11.8 Å². The largest absolute Gasteiger partial charge is 0.355 e. The number of carbonyl (C=O) groups is 2. The van der Waals surface area contributed by atoms with Gasteiger partial charge in [-0.2, -0.15) is 0 Å². The first-order valence-corrected chi connectivity index (χ1v) is 9.72. The number of nitrogens with one attached hydrogen (secondary N) is 2. The molecule has 2 fully saturated rings. The van der Waals surface area contributed by atoms with Crippen molar-refractivity contribution in [3.05, 3.63) is 47.3 Å². The number of allylic oxidation sites excluding steroid dienone is 2. The molecule has 2 N–H and O–H groups in total. The number of likely N-dealkylation sites (tertiary alicyclic amines) is 1. The first-order chi connectivity index (χ1) is 13.5. The van der Waals surface area contributed by atoms with Crippen molar-refractivity contribution in [3.63, 3.8) is 0 Å². The number of guanidine groups is 1. The van der Waals surface area contributed by atoms with Gasteiger partial charge in [-0.15, -0.1) is 24.0 Å². The third kappa shape index (κ3) is 4.04. The molecule has 4 atom stereocenters. The molecule has 0 aromatic heterocycles. The number of nitrogens with zero attached hydrogens (tertiary/aromatic N) is 2. The second kappa shape index (κ2) is 8.81. The van der Waals surface area contributed by atoms with E-state index >= 15 is 0 Å². The molecule has 0 radical (unpaired) electrons. The quantitative estimate of drug-likeness (QED) is 0.209. The number of amides is 2. The lowest BCUT2D eigenvalue weighted by Gasteiger charge is -2.18. The highest BCUT2D eigenvalue weighted by Gasteiger charge is 2.58. The first-order valence-electron chi connectivity index (χ1n) is 9.72. The summed E-state index contributed by atoms with van der Waals surface area (Å²) in [6.07, 6.45) is 5.14. The number of fused-ring (bicyclic) bond motifs is 5. The summed E-state index contributed by atoms with van der Waals surface area (Å²) >= 11 is 0. The summed E-state index contributed by atoms with van der Waals surface area (Å²) in [5, 5.41) is 6.30. The molecule has 0 spiro atoms. The number of imide groups is 1. The number of carbonyl (C=O) groups excluding carboxylic acids is 2. The second-order valence-corrected chi connectivity index (χ2v) is 7.76. The van der Waals surface area contributed by atoms with Gasteiger partial charge in [-0.05, 0) is 42.4 Å². The van der Waals surface area contributed by atoms with Crippen LogP contribution in [0.15, 0.2) is 35.3 Å². The monoisotopic (exact) mass is 512 g/mol. The average Bonchev–Trinajstić information content (AvgIpc) is 3.36. The fraction of sp³-hybridized carbons (Fsp3) is 0.476. The van der Waals surface area contributed by atoms with E-state index in [9.17, 15) is 14.0 Å². The first kappa shape index (κ1) is 21.7. The van der Waals surface area contributed by atoms with Crippen molar-refractivity contribution in [1.82, 2.24) is 15.5 Å². The molecule has 8 heteroatoms. The van der Waals surface area contributed by atoms with Gasteiger partial charge in [-0.1, -0.05) is 24.3 Å². The average molecular weight is 512 g/mol. The number of hydrogen-bond acceptors (Lipinski definition) is 3. The molecule has 156 valence electrons. The molecule has 3 aliphatic rings. The molecule has 2 amide bonds. The van der Waals surface area contributed by atoms with Crippen LogP contribution in [0.4, 0.5) is 4.39 Å². The third-order valence-electron chi connectivity index (χ3n) is 6.10. The Balaban J connectivity index is 0.00000240. The number of rotatable bonds is 5. The molecule has 29 heavy (non-hydrogen) atoms. The van der Waals surface area contributed by atoms with Crippen LogP contribution in [0.2, 0.25) is 0 Å². The maximum absolute atomic E-state index is 13.4. The van der Waals surface area contributed by atoms with Crippen molar-refractivity contribution in [2.45, 2.75) is 19.9 Å². The van der Waals surface area contributed by atoms with Gasteiger partial charge in [0.1, 0.15) is 5.82 Å². The minimum Gasteiger partial charge on any atom is -0.355 e. The van der Waals surface area contributed by atoms with E-state index in [1.807, 2.05) is 0 Å². The predicted octanol–water partition coefficient (Wildman–Crippen LogP) is 2.22. The minimum absolute atomic E-state index is 0. The molecule has 1 aromatic rings. The normalized spacial score (nSPS) is 27.3. The van der Waals surface area contributed by atoms with Crippen LogP contribution in [-0.4, -0.2) is 42.8 Å². The van der Waals surface area contributed by atoms with Gasteiger partial charge >= 0.3 is 0 Å². The summed E-state index contributed by atoms with van der Waals surface area (Å²) in [6.45, 7) is 3.00. The summed E-state index contributed by atoms with van der Waals surface area (Å²) in [4.78, 5) is 30.9. The lowest BCUT2D eigenvalue weighted by Crippen LogP contribution is -2.43. The lowest BCUT2D eigenvalue weighted by molar-refractivity contribution is -0.140. The van der Waals surface area contributed by atoms with Crippen LogP contribution >= 0.6 is 24.0 Å². The molecule has 1 aromatic carbocycles. The van der Waals surface area contributed by atoms with Crippen LogP contribution in [-0.2, 0) is 16.1 Å². The lowest BCUT2D eigenvalue weighted by atomic mass is 9.85. The zero-order chi connectivity index (χ0) is 19.8. The molecule has 1 saturated carbocycles. The second-order valence-electron chi connectivity index (χ2n) is 7.76. The van der Waals surface area contributed by atoms with E-state index in [-0.39, 0.29) is 65.3 Å². The van der Waals surface area contributed by atoms with E-state index in [1.165, 1.54) is 11.0 Å². The third-order valence-corrected chi connectivity index (χ3v) is 6.10. The van der Waals surface area contributed by atoms with Crippen LogP contribution in [0.25, 0.3) is 0 Å². The molecule has 2 bridgehead atoms. The Morgan fingerprint density at radius 1 is 1.17 bits per heavy atom. The minimum atomic E-state index is -0.223. The van der Waals surface area contributed by atoms with Gasteiger partial charge in [-0.3, -0.25) is 19.5 Å². The maximum atomic E-state index is 13.4. The summed E-state index contributed by atoms with van der Waals surface area (Å²) in [6, 6.07) is 4.97. The molecule has 4 rings (SSSR count). The Bertz CT molecular complexity index is 842. The van der Waals surface area contributed by atoms with Crippen LogP contribution < -0.4 is 10.6 Å².